The Labute approximate surface area is 223 Å². The molecule has 9 heteroatoms. The van der Waals surface area contributed by atoms with E-state index in [0.717, 1.165) is 21.5 Å². The summed E-state index contributed by atoms with van der Waals surface area (Å²) in [5.74, 6) is 0.903. The normalized spacial score (nSPS) is 21.0. The van der Waals surface area contributed by atoms with E-state index in [4.69, 9.17) is 18.9 Å². The maximum absolute atomic E-state index is 13.7. The number of hydrogen-bond acceptors (Lipinski definition) is 7. The van der Waals surface area contributed by atoms with E-state index < -0.39 is 23.0 Å². The van der Waals surface area contributed by atoms with Crippen LogP contribution in [0.15, 0.2) is 29.1 Å². The van der Waals surface area contributed by atoms with Gasteiger partial charge >= 0.3 is 0 Å². The van der Waals surface area contributed by atoms with Crippen molar-refractivity contribution in [3.8, 4) is 34.1 Å². The molecule has 4 rings (SSSR count). The molecule has 1 aliphatic heterocycles. The Kier molecular flexibility index (Phi) is 7.16. The lowest BCUT2D eigenvalue weighted by molar-refractivity contribution is -0.660. The number of amides is 1. The van der Waals surface area contributed by atoms with Gasteiger partial charge in [-0.1, -0.05) is 6.07 Å². The summed E-state index contributed by atoms with van der Waals surface area (Å²) in [5, 5.41) is 3.19. The van der Waals surface area contributed by atoms with Crippen LogP contribution in [-0.4, -0.2) is 50.2 Å². The molecule has 0 spiro atoms. The van der Waals surface area contributed by atoms with Gasteiger partial charge in [-0.15, -0.1) is 0 Å². The second-order valence-corrected chi connectivity index (χ2v) is 11.1. The molecule has 204 valence electrons. The van der Waals surface area contributed by atoms with Crippen molar-refractivity contribution < 1.29 is 28.5 Å². The quantitative estimate of drug-likeness (QED) is 0.564. The van der Waals surface area contributed by atoms with E-state index in [1.54, 1.807) is 41.2 Å². The topological polar surface area (TPSA) is 103 Å². The molecule has 9 nitrogen and oxygen atoms in total. The van der Waals surface area contributed by atoms with Gasteiger partial charge in [0, 0.05) is 49.3 Å². The zero-order valence-electron chi connectivity index (χ0n) is 23.4. The molecule has 1 fully saturated rings. The molecule has 38 heavy (non-hydrogen) atoms. The largest absolute Gasteiger partial charge is 0.493 e. The van der Waals surface area contributed by atoms with Crippen molar-refractivity contribution in [1.82, 2.24) is 5.32 Å². The molecule has 0 radical (unpaired) electrons. The second-order valence-electron chi connectivity index (χ2n) is 11.1. The lowest BCUT2D eigenvalue weighted by Gasteiger charge is -2.23. The molecule has 1 amide bonds. The molecule has 1 heterocycles. The van der Waals surface area contributed by atoms with Crippen molar-refractivity contribution in [2.75, 3.05) is 28.4 Å². The van der Waals surface area contributed by atoms with Gasteiger partial charge in [0.05, 0.1) is 34.5 Å². The fourth-order valence-electron chi connectivity index (χ4n) is 6.06. The first-order chi connectivity index (χ1) is 17.9. The molecule has 2 aliphatic rings. The van der Waals surface area contributed by atoms with E-state index >= 15 is 0 Å². The van der Waals surface area contributed by atoms with Crippen molar-refractivity contribution >= 4 is 5.91 Å². The van der Waals surface area contributed by atoms with Crippen LogP contribution in [0.2, 0.25) is 0 Å². The third-order valence-corrected chi connectivity index (χ3v) is 7.98. The first-order valence-corrected chi connectivity index (χ1v) is 12.7. The Morgan fingerprint density at radius 2 is 1.61 bits per heavy atom. The van der Waals surface area contributed by atoms with Crippen molar-refractivity contribution in [2.45, 2.75) is 64.1 Å². The molecule has 2 unspecified atom stereocenters. The molecular weight excluding hydrogens is 488 g/mol. The highest BCUT2D eigenvalue weighted by molar-refractivity contribution is 5.84. The average molecular weight is 526 g/mol. The summed E-state index contributed by atoms with van der Waals surface area (Å²) in [7, 11) is 6.11. The third kappa shape index (κ3) is 4.37. The number of carbonyl (C=O) groups is 1. The number of carbonyl (C=O) groups excluding carboxylic acids is 1. The van der Waals surface area contributed by atoms with Gasteiger partial charge in [-0.2, -0.15) is 0 Å². The molecule has 1 saturated heterocycles. The van der Waals surface area contributed by atoms with Gasteiger partial charge < -0.3 is 24.3 Å². The molecule has 2 aromatic carbocycles. The highest BCUT2D eigenvalue weighted by atomic mass is 16.5. The van der Waals surface area contributed by atoms with Gasteiger partial charge in [-0.3, -0.25) is 9.59 Å². The summed E-state index contributed by atoms with van der Waals surface area (Å²) in [6.07, 6.45) is 1.53. The Bertz CT molecular complexity index is 1350. The lowest BCUT2D eigenvalue weighted by atomic mass is 9.85. The van der Waals surface area contributed by atoms with Crippen molar-refractivity contribution in [3.63, 3.8) is 0 Å². The van der Waals surface area contributed by atoms with Crippen LogP contribution in [0.4, 0.5) is 0 Å². The molecule has 2 atom stereocenters. The summed E-state index contributed by atoms with van der Waals surface area (Å²) < 4.78 is 23.4. The first kappa shape index (κ1) is 27.4. The van der Waals surface area contributed by atoms with Gasteiger partial charge in [-0.05, 0) is 47.7 Å². The molecule has 1 N–H and O–H groups in total. The summed E-state index contributed by atoms with van der Waals surface area (Å²) in [6.45, 7) is 7.32. The van der Waals surface area contributed by atoms with E-state index in [0.29, 0.717) is 42.1 Å². The number of rotatable bonds is 6. The molecule has 0 aromatic heterocycles. The van der Waals surface area contributed by atoms with Crippen LogP contribution in [-0.2, 0) is 11.2 Å². The summed E-state index contributed by atoms with van der Waals surface area (Å²) in [4.78, 5) is 39.8. The van der Waals surface area contributed by atoms with E-state index in [1.165, 1.54) is 13.2 Å². The van der Waals surface area contributed by atoms with Gasteiger partial charge in [0.1, 0.15) is 5.92 Å². The van der Waals surface area contributed by atoms with Crippen LogP contribution in [0.1, 0.15) is 57.7 Å². The molecule has 1 aliphatic carbocycles. The number of aryl methyl sites for hydroxylation is 1. The van der Waals surface area contributed by atoms with Crippen molar-refractivity contribution in [3.05, 3.63) is 50.5 Å². The highest BCUT2D eigenvalue weighted by Crippen LogP contribution is 2.50. The fraction of sp³-hybridized carbons (Fsp3) is 0.517. The van der Waals surface area contributed by atoms with Crippen LogP contribution in [0.25, 0.3) is 11.1 Å². The third-order valence-electron chi connectivity index (χ3n) is 7.98. The number of fused-ring (bicyclic) bond motifs is 3. The number of nitrogens with one attached hydrogen (secondary N) is 1. The van der Waals surface area contributed by atoms with Crippen LogP contribution in [0, 0.1) is 10.8 Å². The molecular formula is C29H37N2O7+. The number of methoxy groups -OCH3 is 4. The Morgan fingerprint density at radius 3 is 2.16 bits per heavy atom. The van der Waals surface area contributed by atoms with Crippen molar-refractivity contribution in [1.29, 1.82) is 0 Å². The predicted molar refractivity (Wildman–Crippen MR) is 143 cm³/mol. The Hall–Kier alpha value is -3.62. The van der Waals surface area contributed by atoms with Crippen LogP contribution in [0.5, 0.6) is 23.0 Å². The molecule has 2 aromatic rings. The van der Waals surface area contributed by atoms with Gasteiger partial charge in [0.15, 0.2) is 17.2 Å². The maximum Gasteiger partial charge on any atom is 0.231 e. The SMILES string of the molecule is COc1cc2c(c(OC)c1OC)-c1ccc(OC)c(=O)cc1C(NC(=O)C1CC(C)(C)[N+](=O)C1(C)C)CC2. The number of hydrogen-bond donors (Lipinski definition) is 1. The highest BCUT2D eigenvalue weighted by Gasteiger charge is 2.63. The fourth-order valence-corrected chi connectivity index (χ4v) is 6.06. The lowest BCUT2D eigenvalue weighted by Crippen LogP contribution is -2.45. The van der Waals surface area contributed by atoms with Gasteiger partial charge in [-0.25, -0.2) is 0 Å². The summed E-state index contributed by atoms with van der Waals surface area (Å²) in [5.41, 5.74) is 1.23. The van der Waals surface area contributed by atoms with Crippen molar-refractivity contribution in [2.24, 2.45) is 5.92 Å². The van der Waals surface area contributed by atoms with Crippen LogP contribution in [0.3, 0.4) is 0 Å². The standard InChI is InChI=1S/C29H36N2O7/c1-28(2)15-19(29(3,4)31(28)34)27(33)30-20-11-9-16-13-23(36-6)25(37-7)26(38-8)24(16)17-10-12-22(35-5)21(32)14-18(17)20/h10,12-14,19-20H,9,11,15H2,1-8H3/p+1. The summed E-state index contributed by atoms with van der Waals surface area (Å²) >= 11 is 0. The van der Waals surface area contributed by atoms with Crippen LogP contribution < -0.4 is 29.7 Å². The Balaban J connectivity index is 1.89. The zero-order chi connectivity index (χ0) is 28.0. The van der Waals surface area contributed by atoms with Gasteiger partial charge in [0.25, 0.3) is 0 Å². The number of benzene rings is 1. The van der Waals surface area contributed by atoms with Crippen LogP contribution >= 0.6 is 0 Å². The molecule has 0 saturated carbocycles. The first-order valence-electron chi connectivity index (χ1n) is 12.7. The Morgan fingerprint density at radius 1 is 0.947 bits per heavy atom. The summed E-state index contributed by atoms with van der Waals surface area (Å²) in [6, 6.07) is 6.38. The molecule has 0 bridgehead atoms. The minimum absolute atomic E-state index is 0.185. The predicted octanol–water partition coefficient (Wildman–Crippen LogP) is 4.21. The second kappa shape index (κ2) is 9.93. The minimum Gasteiger partial charge on any atom is -0.493 e. The van der Waals surface area contributed by atoms with E-state index in [1.807, 2.05) is 26.0 Å². The van der Waals surface area contributed by atoms with E-state index in [-0.39, 0.29) is 17.1 Å². The van der Waals surface area contributed by atoms with Gasteiger partial charge in [0.2, 0.25) is 28.2 Å². The van der Waals surface area contributed by atoms with E-state index in [2.05, 4.69) is 5.32 Å². The average Bonchev–Trinajstić information content (AvgIpc) is 3.03. The number of nitroso groups, excluding NO2 is 1. The van der Waals surface area contributed by atoms with E-state index in [9.17, 15) is 14.5 Å². The smallest absolute Gasteiger partial charge is 0.231 e. The number of nitrogens with zero attached hydrogens (tertiary/aromatic N) is 1. The zero-order valence-corrected chi connectivity index (χ0v) is 23.4. The maximum atomic E-state index is 13.7. The number of ether oxygens (including phenoxy) is 4. The monoisotopic (exact) mass is 525 g/mol. The minimum atomic E-state index is -0.873.